The van der Waals surface area contributed by atoms with Crippen molar-refractivity contribution in [1.29, 1.82) is 5.26 Å². The van der Waals surface area contributed by atoms with E-state index in [9.17, 15) is 4.79 Å². The topological polar surface area (TPSA) is 127 Å². The summed E-state index contributed by atoms with van der Waals surface area (Å²) in [5.41, 5.74) is 0.368. The van der Waals surface area contributed by atoms with Gasteiger partial charge in [-0.05, 0) is 6.42 Å². The average molecular weight is 394 g/mol. The number of aromatic amines is 1. The summed E-state index contributed by atoms with van der Waals surface area (Å²) in [7, 11) is 0.525. The number of imidazole rings is 1. The fourth-order valence-electron chi connectivity index (χ4n) is 2.99. The van der Waals surface area contributed by atoms with Gasteiger partial charge in [-0.15, -0.1) is 0 Å². The Morgan fingerprint density at radius 1 is 1.59 bits per heavy atom. The number of rotatable bonds is 8. The van der Waals surface area contributed by atoms with Crippen molar-refractivity contribution in [3.63, 3.8) is 0 Å². The molecular weight excluding hydrogens is 371 g/mol. The molecule has 2 unspecified atom stereocenters. The number of H-pyrrole nitrogens is 1. The Labute approximate surface area is 157 Å². The number of ether oxygens (including phenoxy) is 1. The summed E-state index contributed by atoms with van der Waals surface area (Å²) in [4.78, 5) is 23.4. The van der Waals surface area contributed by atoms with Gasteiger partial charge in [0.2, 0.25) is 5.95 Å². The van der Waals surface area contributed by atoms with Crippen molar-refractivity contribution >= 4 is 25.5 Å². The molecule has 3 rings (SSSR count). The third-order valence-corrected chi connectivity index (χ3v) is 5.43. The summed E-state index contributed by atoms with van der Waals surface area (Å²) >= 11 is 0. The van der Waals surface area contributed by atoms with Crippen LogP contribution >= 0.6 is 8.38 Å². The second-order valence-electron chi connectivity index (χ2n) is 6.11. The highest BCUT2D eigenvalue weighted by Crippen LogP contribution is 2.43. The summed E-state index contributed by atoms with van der Waals surface area (Å²) in [5.74, 6) is 0.356. The molecule has 1 saturated heterocycles. The van der Waals surface area contributed by atoms with Crippen molar-refractivity contribution in [3.8, 4) is 6.07 Å². The molecule has 2 N–H and O–H groups in total. The summed E-state index contributed by atoms with van der Waals surface area (Å²) < 4.78 is 19.6. The monoisotopic (exact) mass is 394 g/mol. The highest BCUT2D eigenvalue weighted by atomic mass is 31.2. The second-order valence-corrected chi connectivity index (χ2v) is 7.45. The van der Waals surface area contributed by atoms with Gasteiger partial charge in [-0.2, -0.15) is 10.2 Å². The maximum absolute atomic E-state index is 12.2. The molecular formula is C16H23N6O4P. The zero-order valence-electron chi connectivity index (χ0n) is 15.5. The molecule has 0 aliphatic carbocycles. The summed E-state index contributed by atoms with van der Waals surface area (Å²) in [6.07, 6.45) is 2.75. The van der Waals surface area contributed by atoms with Gasteiger partial charge in [0.05, 0.1) is 31.5 Å². The van der Waals surface area contributed by atoms with Crippen LogP contribution in [-0.2, 0) is 13.8 Å². The van der Waals surface area contributed by atoms with Crippen molar-refractivity contribution in [2.75, 3.05) is 25.6 Å². The molecule has 0 aromatic carbocycles. The lowest BCUT2D eigenvalue weighted by atomic mass is 10.1. The number of nitrogens with one attached hydrogen (secondary N) is 2. The quantitative estimate of drug-likeness (QED) is 0.515. The number of fused-ring (bicyclic) bond motifs is 1. The maximum Gasteiger partial charge on any atom is 0.280 e. The smallest absolute Gasteiger partial charge is 0.280 e. The van der Waals surface area contributed by atoms with Gasteiger partial charge < -0.3 is 19.1 Å². The van der Waals surface area contributed by atoms with E-state index in [4.69, 9.17) is 19.0 Å². The number of hydrogen-bond donors (Lipinski definition) is 2. The summed E-state index contributed by atoms with van der Waals surface area (Å²) in [6, 6.07) is 2.05. The van der Waals surface area contributed by atoms with Crippen LogP contribution < -0.4 is 10.9 Å². The Bertz CT molecular complexity index is 878. The molecule has 1 aliphatic rings. The van der Waals surface area contributed by atoms with E-state index in [0.717, 1.165) is 6.42 Å². The molecule has 11 heteroatoms. The van der Waals surface area contributed by atoms with Crippen LogP contribution in [0.3, 0.4) is 0 Å². The molecule has 1 aliphatic heterocycles. The second kappa shape index (κ2) is 8.76. The Morgan fingerprint density at radius 3 is 3.11 bits per heavy atom. The first kappa shape index (κ1) is 19.7. The Morgan fingerprint density at radius 2 is 2.41 bits per heavy atom. The fraction of sp³-hybridized carbons (Fsp3) is 0.625. The van der Waals surface area contributed by atoms with E-state index >= 15 is 0 Å². The Hall–Kier alpha value is -2.05. The predicted molar refractivity (Wildman–Crippen MR) is 100 cm³/mol. The first-order valence-electron chi connectivity index (χ1n) is 8.77. The molecule has 0 amide bonds. The molecule has 0 radical (unpaired) electrons. The van der Waals surface area contributed by atoms with E-state index in [1.54, 1.807) is 17.9 Å². The van der Waals surface area contributed by atoms with Crippen molar-refractivity contribution in [2.24, 2.45) is 0 Å². The van der Waals surface area contributed by atoms with Crippen LogP contribution in [0.4, 0.5) is 5.95 Å². The van der Waals surface area contributed by atoms with E-state index in [1.807, 2.05) is 12.7 Å². The van der Waals surface area contributed by atoms with Crippen LogP contribution in [0.15, 0.2) is 11.1 Å². The molecule has 0 saturated carbocycles. The molecule has 1 fully saturated rings. The lowest BCUT2D eigenvalue weighted by molar-refractivity contribution is -0.0293. The Kier molecular flexibility index (Phi) is 6.39. The van der Waals surface area contributed by atoms with Crippen molar-refractivity contribution < 1.29 is 13.8 Å². The molecule has 2 aromatic rings. The predicted octanol–water partition coefficient (Wildman–Crippen LogP) is 2.12. The molecule has 10 nitrogen and oxygen atoms in total. The van der Waals surface area contributed by atoms with E-state index in [1.165, 1.54) is 0 Å². The first-order valence-corrected chi connectivity index (χ1v) is 10.4. The lowest BCUT2D eigenvalue weighted by Crippen LogP contribution is -2.22. The molecule has 146 valence electrons. The molecule has 4 atom stereocenters. The van der Waals surface area contributed by atoms with Crippen LogP contribution in [0.25, 0.3) is 11.2 Å². The minimum atomic E-state index is -1.15. The SMILES string of the molecule is CC[C@@H]1CC(OP(C)OCCC#N)[C@H](n2cnc3c(=O)[nH]c(NC)nc32)O1. The van der Waals surface area contributed by atoms with Crippen LogP contribution in [0.5, 0.6) is 0 Å². The number of nitriles is 1. The van der Waals surface area contributed by atoms with Gasteiger partial charge in [0, 0.05) is 20.1 Å². The zero-order valence-corrected chi connectivity index (χ0v) is 16.4. The van der Waals surface area contributed by atoms with Gasteiger partial charge in [0.25, 0.3) is 5.56 Å². The molecule has 0 bridgehead atoms. The number of hydrogen-bond acceptors (Lipinski definition) is 8. The third-order valence-electron chi connectivity index (χ3n) is 4.31. The highest BCUT2D eigenvalue weighted by molar-refractivity contribution is 7.46. The van der Waals surface area contributed by atoms with Gasteiger partial charge in [0.1, 0.15) is 6.10 Å². The van der Waals surface area contributed by atoms with Gasteiger partial charge in [0.15, 0.2) is 25.8 Å². The standard InChI is InChI=1S/C16H23N6O4P/c1-4-10-8-11(26-27(3)24-7-5-6-17)15(25-10)22-9-19-12-13(22)20-16(18-2)21-14(12)23/h9-11,15H,4-5,7-8H2,1-3H3,(H2,18,20,21,23)/t10-,11?,15-,27?/m1/s1. The number of anilines is 1. The molecule has 0 spiro atoms. The van der Waals surface area contributed by atoms with E-state index in [0.29, 0.717) is 31.0 Å². The van der Waals surface area contributed by atoms with E-state index in [2.05, 4.69) is 27.2 Å². The summed E-state index contributed by atoms with van der Waals surface area (Å²) in [6.45, 7) is 4.25. The lowest BCUT2D eigenvalue weighted by Gasteiger charge is -2.23. The molecule has 3 heterocycles. The molecule has 2 aromatic heterocycles. The minimum absolute atomic E-state index is 0.0331. The van der Waals surface area contributed by atoms with Crippen LogP contribution in [-0.4, -0.2) is 52.0 Å². The third kappa shape index (κ3) is 4.28. The largest absolute Gasteiger partial charge is 0.359 e. The zero-order chi connectivity index (χ0) is 19.4. The normalized spacial score (nSPS) is 23.4. The summed E-state index contributed by atoms with van der Waals surface area (Å²) in [5, 5.41) is 11.5. The van der Waals surface area contributed by atoms with Gasteiger partial charge in [-0.25, -0.2) is 4.98 Å². The highest BCUT2D eigenvalue weighted by Gasteiger charge is 2.39. The van der Waals surface area contributed by atoms with Gasteiger partial charge >= 0.3 is 0 Å². The number of nitrogens with zero attached hydrogens (tertiary/aromatic N) is 4. The van der Waals surface area contributed by atoms with Crippen LogP contribution in [0.2, 0.25) is 0 Å². The van der Waals surface area contributed by atoms with Crippen LogP contribution in [0, 0.1) is 11.3 Å². The minimum Gasteiger partial charge on any atom is -0.359 e. The Balaban J connectivity index is 1.86. The number of aromatic nitrogens is 4. The maximum atomic E-state index is 12.2. The van der Waals surface area contributed by atoms with Crippen molar-refractivity contribution in [3.05, 3.63) is 16.7 Å². The van der Waals surface area contributed by atoms with E-state index in [-0.39, 0.29) is 23.3 Å². The van der Waals surface area contributed by atoms with Crippen molar-refractivity contribution in [2.45, 2.75) is 44.6 Å². The van der Waals surface area contributed by atoms with Crippen LogP contribution in [0.1, 0.15) is 32.4 Å². The first-order chi connectivity index (χ1) is 13.1. The van der Waals surface area contributed by atoms with Gasteiger partial charge in [-0.3, -0.25) is 14.3 Å². The van der Waals surface area contributed by atoms with E-state index < -0.39 is 14.6 Å². The fourth-order valence-corrected chi connectivity index (χ4v) is 3.97. The average Bonchev–Trinajstić information content (AvgIpc) is 3.25. The molecule has 27 heavy (non-hydrogen) atoms. The van der Waals surface area contributed by atoms with Gasteiger partial charge in [-0.1, -0.05) is 6.92 Å². The van der Waals surface area contributed by atoms with Crippen molar-refractivity contribution in [1.82, 2.24) is 19.5 Å².